The highest BCUT2D eigenvalue weighted by atomic mass is 16.3. The Morgan fingerprint density at radius 1 is 1.21 bits per heavy atom. The number of nitrogens with zero attached hydrogens (tertiary/aromatic N) is 2. The first-order valence-electron chi connectivity index (χ1n) is 4.16. The Balaban J connectivity index is 3.00. The first-order chi connectivity index (χ1) is 6.74. The molecule has 0 aliphatic heterocycles. The van der Waals surface area contributed by atoms with Crippen molar-refractivity contribution in [2.75, 3.05) is 0 Å². The molecule has 1 aromatic heterocycles. The van der Waals surface area contributed by atoms with Crippen LogP contribution in [0.3, 0.4) is 0 Å². The van der Waals surface area contributed by atoms with Crippen molar-refractivity contribution in [2.45, 2.75) is 0 Å². The lowest BCUT2D eigenvalue weighted by molar-refractivity contribution is 0.873. The zero-order valence-electron chi connectivity index (χ0n) is 7.60. The molecule has 70 valence electrons. The number of fused-ring (bicyclic) bond motifs is 1. The fraction of sp³-hybridized carbons (Fsp3) is 0.100. The van der Waals surface area contributed by atoms with Gasteiger partial charge in [0, 0.05) is 24.0 Å². The van der Waals surface area contributed by atoms with Crippen LogP contribution in [0.25, 0.3) is 10.8 Å². The Hall–Kier alpha value is -1.97. The molecular formula is C10H8N2O2. The Labute approximate surface area is 79.8 Å². The third-order valence-electron chi connectivity index (χ3n) is 2.20. The fourth-order valence-corrected chi connectivity index (χ4v) is 1.44. The Kier molecular flexibility index (Phi) is 1.89. The van der Waals surface area contributed by atoms with Crippen molar-refractivity contribution >= 4 is 16.5 Å². The molecule has 4 nitrogen and oxygen atoms in total. The lowest BCUT2D eigenvalue weighted by Crippen LogP contribution is -2.15. The molecule has 0 saturated heterocycles. The molecule has 0 bridgehead atoms. The molecule has 0 aliphatic rings. The highest BCUT2D eigenvalue weighted by molar-refractivity contribution is 5.91. The van der Waals surface area contributed by atoms with Crippen molar-refractivity contribution in [1.82, 2.24) is 4.57 Å². The Morgan fingerprint density at radius 2 is 2.00 bits per heavy atom. The van der Waals surface area contributed by atoms with E-state index in [1.54, 1.807) is 37.5 Å². The molecule has 0 saturated carbocycles. The van der Waals surface area contributed by atoms with E-state index in [-0.39, 0.29) is 5.56 Å². The van der Waals surface area contributed by atoms with Gasteiger partial charge in [-0.25, -0.2) is 0 Å². The number of hydrogen-bond acceptors (Lipinski definition) is 3. The third-order valence-corrected chi connectivity index (χ3v) is 2.20. The van der Waals surface area contributed by atoms with Gasteiger partial charge in [0.2, 0.25) is 0 Å². The van der Waals surface area contributed by atoms with Crippen LogP contribution in [-0.2, 0) is 7.05 Å². The third kappa shape index (κ3) is 1.12. The van der Waals surface area contributed by atoms with Gasteiger partial charge in [0.1, 0.15) is 5.69 Å². The summed E-state index contributed by atoms with van der Waals surface area (Å²) in [5, 5.41) is 3.99. The second kappa shape index (κ2) is 3.06. The molecule has 1 heterocycles. The molecule has 0 N–H and O–H groups in total. The van der Waals surface area contributed by atoms with Crippen LogP contribution in [0.1, 0.15) is 0 Å². The summed E-state index contributed by atoms with van der Waals surface area (Å²) < 4.78 is 1.47. The smallest absolute Gasteiger partial charge is 0.258 e. The predicted octanol–water partition coefficient (Wildman–Crippen LogP) is 1.94. The van der Waals surface area contributed by atoms with E-state index in [2.05, 4.69) is 5.18 Å². The summed E-state index contributed by atoms with van der Waals surface area (Å²) in [7, 11) is 1.67. The van der Waals surface area contributed by atoms with Gasteiger partial charge in [0.05, 0.1) is 0 Å². The van der Waals surface area contributed by atoms with E-state index in [0.717, 1.165) is 0 Å². The van der Waals surface area contributed by atoms with Crippen molar-refractivity contribution in [2.24, 2.45) is 12.2 Å². The van der Waals surface area contributed by atoms with Crippen LogP contribution in [0.2, 0.25) is 0 Å². The predicted molar refractivity (Wildman–Crippen MR) is 54.6 cm³/mol. The molecule has 0 amide bonds. The van der Waals surface area contributed by atoms with Gasteiger partial charge in [-0.05, 0) is 23.4 Å². The highest BCUT2D eigenvalue weighted by Crippen LogP contribution is 2.22. The molecule has 0 atom stereocenters. The summed E-state index contributed by atoms with van der Waals surface area (Å²) in [4.78, 5) is 22.1. The lowest BCUT2D eigenvalue weighted by Gasteiger charge is -2.01. The van der Waals surface area contributed by atoms with Crippen LogP contribution < -0.4 is 5.56 Å². The minimum Gasteiger partial charge on any atom is -0.318 e. The second-order valence-electron chi connectivity index (χ2n) is 3.06. The zero-order chi connectivity index (χ0) is 10.1. The quantitative estimate of drug-likeness (QED) is 0.642. The molecule has 2 rings (SSSR count). The van der Waals surface area contributed by atoms with Gasteiger partial charge in [0.25, 0.3) is 5.56 Å². The summed E-state index contributed by atoms with van der Waals surface area (Å²) in [5.41, 5.74) is 0.188. The Bertz CT molecular complexity index is 558. The monoisotopic (exact) mass is 188 g/mol. The molecule has 14 heavy (non-hydrogen) atoms. The van der Waals surface area contributed by atoms with Crippen LogP contribution >= 0.6 is 0 Å². The number of pyridine rings is 1. The highest BCUT2D eigenvalue weighted by Gasteiger charge is 2.04. The zero-order valence-corrected chi connectivity index (χ0v) is 7.60. The van der Waals surface area contributed by atoms with E-state index in [0.29, 0.717) is 16.5 Å². The largest absolute Gasteiger partial charge is 0.318 e. The molecule has 0 aliphatic carbocycles. The molecular weight excluding hydrogens is 180 g/mol. The maximum Gasteiger partial charge on any atom is 0.258 e. The topological polar surface area (TPSA) is 51.4 Å². The van der Waals surface area contributed by atoms with Gasteiger partial charge in [-0.3, -0.25) is 4.79 Å². The standard InChI is InChI=1S/C10H8N2O2/c1-12-6-5-7-8(10(12)13)3-2-4-9(7)11-14/h2-6H,1H3. The molecule has 0 unspecified atom stereocenters. The van der Waals surface area contributed by atoms with Crippen LogP contribution in [0.15, 0.2) is 40.4 Å². The van der Waals surface area contributed by atoms with E-state index in [1.807, 2.05) is 0 Å². The van der Waals surface area contributed by atoms with Crippen molar-refractivity contribution in [1.29, 1.82) is 0 Å². The molecule has 0 radical (unpaired) electrons. The van der Waals surface area contributed by atoms with Gasteiger partial charge in [-0.15, -0.1) is 4.91 Å². The first-order valence-corrected chi connectivity index (χ1v) is 4.16. The maximum absolute atomic E-state index is 11.6. The summed E-state index contributed by atoms with van der Waals surface area (Å²) >= 11 is 0. The molecule has 4 heteroatoms. The van der Waals surface area contributed by atoms with Crippen molar-refractivity contribution in [3.63, 3.8) is 0 Å². The van der Waals surface area contributed by atoms with E-state index in [9.17, 15) is 9.70 Å². The molecule has 1 aromatic carbocycles. The second-order valence-corrected chi connectivity index (χ2v) is 3.06. The SMILES string of the molecule is Cn1ccc2c(N=O)cccc2c1=O. The summed E-state index contributed by atoms with van der Waals surface area (Å²) in [6, 6.07) is 6.65. The first kappa shape index (κ1) is 8.62. The number of aromatic nitrogens is 1. The minimum absolute atomic E-state index is 0.118. The van der Waals surface area contributed by atoms with Gasteiger partial charge >= 0.3 is 0 Å². The average molecular weight is 188 g/mol. The Morgan fingerprint density at radius 3 is 2.71 bits per heavy atom. The fourth-order valence-electron chi connectivity index (χ4n) is 1.44. The van der Waals surface area contributed by atoms with Gasteiger partial charge in [-0.1, -0.05) is 6.07 Å². The van der Waals surface area contributed by atoms with Crippen LogP contribution in [-0.4, -0.2) is 4.57 Å². The van der Waals surface area contributed by atoms with E-state index in [4.69, 9.17) is 0 Å². The normalized spacial score (nSPS) is 10.4. The molecule has 0 spiro atoms. The summed E-state index contributed by atoms with van der Waals surface area (Å²) in [5.74, 6) is 0. The van der Waals surface area contributed by atoms with E-state index in [1.165, 1.54) is 4.57 Å². The maximum atomic E-state index is 11.6. The lowest BCUT2D eigenvalue weighted by atomic mass is 10.1. The van der Waals surface area contributed by atoms with Crippen LogP contribution in [0.5, 0.6) is 0 Å². The number of nitroso groups, excluding NO2 is 1. The summed E-state index contributed by atoms with van der Waals surface area (Å²) in [6.07, 6.45) is 1.62. The van der Waals surface area contributed by atoms with E-state index < -0.39 is 0 Å². The van der Waals surface area contributed by atoms with Crippen molar-refractivity contribution < 1.29 is 0 Å². The number of rotatable bonds is 1. The average Bonchev–Trinajstić information content (AvgIpc) is 2.23. The van der Waals surface area contributed by atoms with Crippen molar-refractivity contribution in [3.05, 3.63) is 45.7 Å². The molecule has 2 aromatic rings. The van der Waals surface area contributed by atoms with Crippen molar-refractivity contribution in [3.8, 4) is 0 Å². The van der Waals surface area contributed by atoms with Crippen LogP contribution in [0, 0.1) is 4.91 Å². The number of aryl methyl sites for hydroxylation is 1. The van der Waals surface area contributed by atoms with E-state index >= 15 is 0 Å². The number of benzene rings is 1. The number of hydrogen-bond donors (Lipinski definition) is 0. The summed E-state index contributed by atoms with van der Waals surface area (Å²) in [6.45, 7) is 0. The van der Waals surface area contributed by atoms with Gasteiger partial charge in [-0.2, -0.15) is 0 Å². The van der Waals surface area contributed by atoms with Gasteiger partial charge in [0.15, 0.2) is 0 Å². The molecule has 0 fully saturated rings. The van der Waals surface area contributed by atoms with Crippen LogP contribution in [0.4, 0.5) is 5.69 Å². The van der Waals surface area contributed by atoms with Gasteiger partial charge < -0.3 is 4.57 Å². The minimum atomic E-state index is -0.118.